The second-order valence-corrected chi connectivity index (χ2v) is 6.25. The van der Waals surface area contributed by atoms with Gasteiger partial charge in [0.2, 0.25) is 11.8 Å². The lowest BCUT2D eigenvalue weighted by Crippen LogP contribution is -2.54. The Morgan fingerprint density at radius 3 is 2.13 bits per heavy atom. The Hall–Kier alpha value is -1.22. The van der Waals surface area contributed by atoms with Gasteiger partial charge in [0.25, 0.3) is 5.97 Å². The van der Waals surface area contributed by atoms with Crippen LogP contribution in [0.25, 0.3) is 0 Å². The number of carbonyl (C=O) groups is 2. The lowest BCUT2D eigenvalue weighted by molar-refractivity contribution is -0.330. The Morgan fingerprint density at radius 1 is 1.09 bits per heavy atom. The van der Waals surface area contributed by atoms with Crippen molar-refractivity contribution in [3.05, 3.63) is 0 Å². The Morgan fingerprint density at radius 2 is 1.65 bits per heavy atom. The van der Waals surface area contributed by atoms with Gasteiger partial charge < -0.3 is 29.6 Å². The van der Waals surface area contributed by atoms with Gasteiger partial charge >= 0.3 is 0 Å². The minimum absolute atomic E-state index is 0.180. The number of hydrogen-bond acceptors (Lipinski definition) is 6. The largest absolute Gasteiger partial charge is 0.368 e. The molecule has 0 saturated carbocycles. The Balaban J connectivity index is 1.85. The van der Waals surface area contributed by atoms with E-state index in [1.54, 1.807) is 14.0 Å². The van der Waals surface area contributed by atoms with E-state index in [4.69, 9.17) is 18.9 Å². The Kier molecular flexibility index (Phi) is 4.35. The summed E-state index contributed by atoms with van der Waals surface area (Å²) in [5.41, 5.74) is 0. The first kappa shape index (κ1) is 16.6. The lowest BCUT2D eigenvalue weighted by atomic mass is 9.75. The van der Waals surface area contributed by atoms with Crippen molar-refractivity contribution >= 4 is 11.8 Å². The molecule has 5 unspecified atom stereocenters. The first-order valence-electron chi connectivity index (χ1n) is 8.01. The monoisotopic (exact) mass is 328 g/mol. The Labute approximate surface area is 135 Å². The molecule has 2 amide bonds. The molecular weight excluding hydrogens is 304 g/mol. The van der Waals surface area contributed by atoms with Crippen LogP contribution in [0.5, 0.6) is 0 Å². The zero-order valence-corrected chi connectivity index (χ0v) is 13.8. The first-order valence-corrected chi connectivity index (χ1v) is 8.01. The van der Waals surface area contributed by atoms with Gasteiger partial charge in [0.1, 0.15) is 12.2 Å². The first-order chi connectivity index (χ1) is 11.0. The highest BCUT2D eigenvalue weighted by Gasteiger charge is 2.69. The standard InChI is InChI=1S/C15H24N2O6/c1-5-6-17-14(19)8-7(13(18)16-3)9-11-12(10(8)21-9)23-15(2,20-4)22-11/h7-12H,5-6H2,1-4H3,(H,16,18)(H,17,19)/t7?,8?,9-,10?,11+,12?,15?/m0/s1. The fourth-order valence-corrected chi connectivity index (χ4v) is 3.74. The third kappa shape index (κ3) is 2.53. The molecule has 3 rings (SSSR count). The van der Waals surface area contributed by atoms with Crippen LogP contribution in [0.3, 0.4) is 0 Å². The number of hydrogen-bond donors (Lipinski definition) is 2. The SMILES string of the molecule is CCCNC(=O)C1C2O[C@@H](C1C(=O)NC)[C@H]1OC(C)(OC)OC21. The van der Waals surface area contributed by atoms with E-state index in [1.165, 1.54) is 7.11 Å². The molecule has 3 aliphatic rings. The summed E-state index contributed by atoms with van der Waals surface area (Å²) in [6.45, 7) is 4.21. The average molecular weight is 328 g/mol. The highest BCUT2D eigenvalue weighted by atomic mass is 16.9. The van der Waals surface area contributed by atoms with Crippen LogP contribution in [0.15, 0.2) is 0 Å². The molecule has 0 spiro atoms. The maximum atomic E-state index is 12.5. The van der Waals surface area contributed by atoms with E-state index in [1.807, 2.05) is 6.92 Å². The summed E-state index contributed by atoms with van der Waals surface area (Å²) in [7, 11) is 3.05. The van der Waals surface area contributed by atoms with E-state index in [0.29, 0.717) is 6.54 Å². The summed E-state index contributed by atoms with van der Waals surface area (Å²) < 4.78 is 22.8. The van der Waals surface area contributed by atoms with Crippen LogP contribution in [0.1, 0.15) is 20.3 Å². The minimum Gasteiger partial charge on any atom is -0.368 e. The molecular formula is C15H24N2O6. The molecule has 2 N–H and O–H groups in total. The van der Waals surface area contributed by atoms with Gasteiger partial charge in [0, 0.05) is 27.6 Å². The molecule has 2 bridgehead atoms. The molecule has 3 aliphatic heterocycles. The number of carbonyl (C=O) groups excluding carboxylic acids is 2. The number of nitrogens with one attached hydrogen (secondary N) is 2. The summed E-state index contributed by atoms with van der Waals surface area (Å²) in [6.07, 6.45) is -1.03. The summed E-state index contributed by atoms with van der Waals surface area (Å²) >= 11 is 0. The second kappa shape index (κ2) is 6.01. The van der Waals surface area contributed by atoms with Crippen LogP contribution in [-0.4, -0.2) is 62.9 Å². The lowest BCUT2D eigenvalue weighted by Gasteiger charge is -2.30. The molecule has 0 radical (unpaired) electrons. The zero-order chi connectivity index (χ0) is 16.8. The molecule has 0 aromatic carbocycles. The van der Waals surface area contributed by atoms with Crippen LogP contribution in [-0.2, 0) is 28.5 Å². The average Bonchev–Trinajstić information content (AvgIpc) is 3.19. The summed E-state index contributed by atoms with van der Waals surface area (Å²) in [5.74, 6) is -2.75. The van der Waals surface area contributed by atoms with Crippen LogP contribution in [0.2, 0.25) is 0 Å². The van der Waals surface area contributed by atoms with E-state index in [0.717, 1.165) is 6.42 Å². The van der Waals surface area contributed by atoms with Gasteiger partial charge in [-0.1, -0.05) is 6.92 Å². The van der Waals surface area contributed by atoms with Gasteiger partial charge in [-0.05, 0) is 6.42 Å². The predicted octanol–water partition coefficient (Wildman–Crippen LogP) is -0.624. The zero-order valence-electron chi connectivity index (χ0n) is 13.8. The maximum Gasteiger partial charge on any atom is 0.280 e. The Bertz CT molecular complexity index is 500. The number of amides is 2. The molecule has 130 valence electrons. The van der Waals surface area contributed by atoms with Crippen LogP contribution in [0.4, 0.5) is 0 Å². The van der Waals surface area contributed by atoms with E-state index in [-0.39, 0.29) is 11.8 Å². The van der Waals surface area contributed by atoms with Crippen LogP contribution < -0.4 is 10.6 Å². The number of ether oxygens (including phenoxy) is 4. The van der Waals surface area contributed by atoms with Crippen molar-refractivity contribution in [1.82, 2.24) is 10.6 Å². The van der Waals surface area contributed by atoms with Crippen molar-refractivity contribution in [1.29, 1.82) is 0 Å². The smallest absolute Gasteiger partial charge is 0.280 e. The van der Waals surface area contributed by atoms with E-state index >= 15 is 0 Å². The van der Waals surface area contributed by atoms with E-state index in [2.05, 4.69) is 10.6 Å². The second-order valence-electron chi connectivity index (χ2n) is 6.25. The van der Waals surface area contributed by atoms with Gasteiger partial charge in [-0.15, -0.1) is 0 Å². The summed E-state index contributed by atoms with van der Waals surface area (Å²) in [4.78, 5) is 24.9. The van der Waals surface area contributed by atoms with Crippen molar-refractivity contribution in [3.63, 3.8) is 0 Å². The van der Waals surface area contributed by atoms with E-state index in [9.17, 15) is 9.59 Å². The number of rotatable bonds is 5. The molecule has 3 saturated heterocycles. The number of methoxy groups -OCH3 is 1. The van der Waals surface area contributed by atoms with Gasteiger partial charge in [0.15, 0.2) is 0 Å². The van der Waals surface area contributed by atoms with Gasteiger partial charge in [-0.25, -0.2) is 0 Å². The highest BCUT2D eigenvalue weighted by molar-refractivity contribution is 5.89. The van der Waals surface area contributed by atoms with Crippen LogP contribution >= 0.6 is 0 Å². The van der Waals surface area contributed by atoms with Crippen molar-refractivity contribution in [2.24, 2.45) is 11.8 Å². The van der Waals surface area contributed by atoms with Gasteiger partial charge in [-0.3, -0.25) is 9.59 Å². The fraction of sp³-hybridized carbons (Fsp3) is 0.867. The van der Waals surface area contributed by atoms with Crippen molar-refractivity contribution < 1.29 is 28.5 Å². The summed E-state index contributed by atoms with van der Waals surface area (Å²) in [6, 6.07) is 0. The van der Waals surface area contributed by atoms with Gasteiger partial charge in [-0.2, -0.15) is 0 Å². The van der Waals surface area contributed by atoms with E-state index < -0.39 is 42.2 Å². The molecule has 23 heavy (non-hydrogen) atoms. The summed E-state index contributed by atoms with van der Waals surface area (Å²) in [5, 5.41) is 5.48. The van der Waals surface area contributed by atoms with Crippen LogP contribution in [0, 0.1) is 11.8 Å². The van der Waals surface area contributed by atoms with Crippen molar-refractivity contribution in [3.8, 4) is 0 Å². The van der Waals surface area contributed by atoms with Gasteiger partial charge in [0.05, 0.1) is 24.0 Å². The van der Waals surface area contributed by atoms with Crippen molar-refractivity contribution in [2.45, 2.75) is 50.7 Å². The minimum atomic E-state index is -1.17. The topological polar surface area (TPSA) is 95.1 Å². The quantitative estimate of drug-likeness (QED) is 0.698. The predicted molar refractivity (Wildman–Crippen MR) is 78.2 cm³/mol. The fourth-order valence-electron chi connectivity index (χ4n) is 3.74. The highest BCUT2D eigenvalue weighted by Crippen LogP contribution is 2.51. The molecule has 7 atom stereocenters. The molecule has 3 heterocycles. The molecule has 8 heteroatoms. The molecule has 0 aromatic heterocycles. The third-order valence-electron chi connectivity index (χ3n) is 4.85. The molecule has 0 aromatic rings. The van der Waals surface area contributed by atoms with Crippen molar-refractivity contribution in [2.75, 3.05) is 20.7 Å². The molecule has 8 nitrogen and oxygen atoms in total. The normalized spacial score (nSPS) is 44.2. The molecule has 0 aliphatic carbocycles. The maximum absolute atomic E-state index is 12.5. The number of fused-ring (bicyclic) bond motifs is 5. The third-order valence-corrected chi connectivity index (χ3v) is 4.85. The molecule has 3 fully saturated rings.